The smallest absolute Gasteiger partial charge is 0.0463 e. The number of aromatic amines is 1. The molecule has 0 atom stereocenters. The summed E-state index contributed by atoms with van der Waals surface area (Å²) in [5, 5.41) is 2.01. The lowest BCUT2D eigenvalue weighted by Crippen LogP contribution is -1.90. The predicted octanol–water partition coefficient (Wildman–Crippen LogP) is 4.97. The molecular weight excluding hydrogens is 242 g/mol. The molecule has 0 spiro atoms. The second kappa shape index (κ2) is 4.33. The summed E-state index contributed by atoms with van der Waals surface area (Å²) in [6.07, 6.45) is 7.71. The van der Waals surface area contributed by atoms with Gasteiger partial charge in [-0.25, -0.2) is 0 Å². The molecule has 0 saturated heterocycles. The molecule has 0 radical (unpaired) electrons. The Kier molecular flexibility index (Phi) is 2.79. The molecule has 0 amide bonds. The summed E-state index contributed by atoms with van der Waals surface area (Å²) in [6, 6.07) is 6.02. The summed E-state index contributed by atoms with van der Waals surface area (Å²) in [4.78, 5) is 3.49. The molecule has 0 aliphatic heterocycles. The van der Waals surface area contributed by atoms with Crippen molar-refractivity contribution in [1.82, 2.24) is 4.98 Å². The van der Waals surface area contributed by atoms with Crippen molar-refractivity contribution in [2.75, 3.05) is 0 Å². The van der Waals surface area contributed by atoms with E-state index in [0.717, 1.165) is 17.0 Å². The van der Waals surface area contributed by atoms with Crippen LogP contribution in [-0.4, -0.2) is 4.98 Å². The summed E-state index contributed by atoms with van der Waals surface area (Å²) in [5.41, 5.74) is 5.11. The fourth-order valence-electron chi connectivity index (χ4n) is 2.49. The fraction of sp³-hybridized carbons (Fsp3) is 0.250. The average molecular weight is 258 g/mol. The molecule has 3 rings (SSSR count). The van der Waals surface area contributed by atoms with E-state index in [-0.39, 0.29) is 0 Å². The number of H-pyrrole nitrogens is 1. The van der Waals surface area contributed by atoms with Gasteiger partial charge < -0.3 is 4.98 Å². The Labute approximate surface area is 112 Å². The average Bonchev–Trinajstić information content (AvgIpc) is 2.54. The molecule has 92 valence electrons. The van der Waals surface area contributed by atoms with Gasteiger partial charge in [0.05, 0.1) is 0 Å². The van der Waals surface area contributed by atoms with E-state index < -0.39 is 0 Å². The van der Waals surface area contributed by atoms with E-state index in [1.807, 2.05) is 18.2 Å². The fourth-order valence-corrected chi connectivity index (χ4v) is 2.66. The monoisotopic (exact) mass is 257 g/mol. The lowest BCUT2D eigenvalue weighted by atomic mass is 10.0. The number of fused-ring (bicyclic) bond motifs is 3. The van der Waals surface area contributed by atoms with Crippen LogP contribution in [0.1, 0.15) is 25.1 Å². The predicted molar refractivity (Wildman–Crippen MR) is 79.0 cm³/mol. The molecule has 1 aromatic carbocycles. The van der Waals surface area contributed by atoms with Crippen molar-refractivity contribution >= 4 is 28.6 Å². The van der Waals surface area contributed by atoms with Gasteiger partial charge in [-0.05, 0) is 29.7 Å². The lowest BCUT2D eigenvalue weighted by molar-refractivity contribution is 0.788. The summed E-state index contributed by atoms with van der Waals surface area (Å²) in [7, 11) is 0. The zero-order valence-electron chi connectivity index (χ0n) is 10.6. The van der Waals surface area contributed by atoms with Crippen LogP contribution in [0.2, 0.25) is 5.02 Å². The summed E-state index contributed by atoms with van der Waals surface area (Å²) >= 11 is 6.09. The Morgan fingerprint density at radius 2 is 2.06 bits per heavy atom. The number of halogens is 1. The molecule has 0 unspecified atom stereocenters. The first-order valence-electron chi connectivity index (χ1n) is 6.33. The lowest BCUT2D eigenvalue weighted by Gasteiger charge is -2.04. The van der Waals surface area contributed by atoms with Gasteiger partial charge in [0.25, 0.3) is 0 Å². The number of hydrogen-bond acceptors (Lipinski definition) is 0. The van der Waals surface area contributed by atoms with Crippen molar-refractivity contribution in [1.29, 1.82) is 0 Å². The van der Waals surface area contributed by atoms with Crippen molar-refractivity contribution in [3.05, 3.63) is 52.2 Å². The third-order valence-electron chi connectivity index (χ3n) is 3.53. The summed E-state index contributed by atoms with van der Waals surface area (Å²) in [5.74, 6) is 0.570. The van der Waals surface area contributed by atoms with Crippen molar-refractivity contribution < 1.29 is 0 Å². The molecule has 18 heavy (non-hydrogen) atoms. The minimum absolute atomic E-state index is 0.570. The standard InChI is InChI=1S/C16H16ClN/c1-10(2)11-3-6-13-14-9-12(17)5-8-16(14)18-15(13)7-4-11/h3-6,8-10,18H,7H2,1-2H3. The van der Waals surface area contributed by atoms with Crippen LogP contribution in [-0.2, 0) is 6.42 Å². The van der Waals surface area contributed by atoms with Crippen molar-refractivity contribution in [2.24, 2.45) is 5.92 Å². The SMILES string of the molecule is CC(C)C1=CCc2[nH]c3ccc(Cl)cc3c2C=C1. The van der Waals surface area contributed by atoms with Gasteiger partial charge >= 0.3 is 0 Å². The van der Waals surface area contributed by atoms with Gasteiger partial charge in [0.15, 0.2) is 0 Å². The molecule has 0 saturated carbocycles. The number of hydrogen-bond donors (Lipinski definition) is 1. The Balaban J connectivity index is 2.15. The zero-order chi connectivity index (χ0) is 12.7. The molecule has 0 bridgehead atoms. The first-order valence-corrected chi connectivity index (χ1v) is 6.71. The van der Waals surface area contributed by atoms with Gasteiger partial charge in [-0.15, -0.1) is 0 Å². The van der Waals surface area contributed by atoms with Crippen LogP contribution in [0, 0.1) is 5.92 Å². The van der Waals surface area contributed by atoms with Crippen LogP contribution in [0.5, 0.6) is 0 Å². The van der Waals surface area contributed by atoms with Gasteiger partial charge in [0.1, 0.15) is 0 Å². The van der Waals surface area contributed by atoms with Crippen LogP contribution in [0.25, 0.3) is 17.0 Å². The first-order chi connectivity index (χ1) is 8.65. The highest BCUT2D eigenvalue weighted by Crippen LogP contribution is 2.30. The third kappa shape index (κ3) is 1.89. The van der Waals surface area contributed by atoms with Crippen LogP contribution in [0.4, 0.5) is 0 Å². The normalized spacial score (nSPS) is 14.8. The molecule has 0 fully saturated rings. The number of rotatable bonds is 1. The van der Waals surface area contributed by atoms with E-state index >= 15 is 0 Å². The Morgan fingerprint density at radius 3 is 2.83 bits per heavy atom. The number of aromatic nitrogens is 1. The van der Waals surface area contributed by atoms with E-state index in [2.05, 4.69) is 37.1 Å². The van der Waals surface area contributed by atoms with E-state index in [9.17, 15) is 0 Å². The topological polar surface area (TPSA) is 15.8 Å². The van der Waals surface area contributed by atoms with Gasteiger partial charge in [0, 0.05) is 33.6 Å². The Bertz CT molecular complexity index is 659. The van der Waals surface area contributed by atoms with Crippen molar-refractivity contribution in [3.63, 3.8) is 0 Å². The summed E-state index contributed by atoms with van der Waals surface area (Å²) in [6.45, 7) is 4.45. The largest absolute Gasteiger partial charge is 0.358 e. The molecule has 1 nitrogen and oxygen atoms in total. The van der Waals surface area contributed by atoms with Gasteiger partial charge in [-0.3, -0.25) is 0 Å². The highest BCUT2D eigenvalue weighted by atomic mass is 35.5. The van der Waals surface area contributed by atoms with Crippen molar-refractivity contribution in [3.8, 4) is 0 Å². The van der Waals surface area contributed by atoms with Gasteiger partial charge in [-0.2, -0.15) is 0 Å². The highest BCUT2D eigenvalue weighted by molar-refractivity contribution is 6.31. The molecule has 2 aromatic rings. The molecule has 2 heteroatoms. The van der Waals surface area contributed by atoms with Gasteiger partial charge in [-0.1, -0.05) is 43.7 Å². The van der Waals surface area contributed by atoms with E-state index in [1.165, 1.54) is 22.2 Å². The molecule has 1 heterocycles. The van der Waals surface area contributed by atoms with Crippen LogP contribution < -0.4 is 0 Å². The van der Waals surface area contributed by atoms with E-state index in [1.54, 1.807) is 0 Å². The zero-order valence-corrected chi connectivity index (χ0v) is 11.4. The maximum atomic E-state index is 6.09. The molecule has 1 N–H and O–H groups in total. The molecule has 1 aliphatic rings. The maximum Gasteiger partial charge on any atom is 0.0463 e. The third-order valence-corrected chi connectivity index (χ3v) is 3.77. The van der Waals surface area contributed by atoms with Crippen LogP contribution in [0.15, 0.2) is 35.9 Å². The second-order valence-electron chi connectivity index (χ2n) is 5.10. The van der Waals surface area contributed by atoms with E-state index in [0.29, 0.717) is 5.92 Å². The minimum atomic E-state index is 0.570. The quantitative estimate of drug-likeness (QED) is 0.742. The molecule has 1 aromatic heterocycles. The van der Waals surface area contributed by atoms with Gasteiger partial charge in [0.2, 0.25) is 0 Å². The highest BCUT2D eigenvalue weighted by Gasteiger charge is 2.12. The van der Waals surface area contributed by atoms with E-state index in [4.69, 9.17) is 11.6 Å². The number of allylic oxidation sites excluding steroid dienone is 3. The number of benzene rings is 1. The maximum absolute atomic E-state index is 6.09. The minimum Gasteiger partial charge on any atom is -0.358 e. The molecular formula is C16H16ClN. The molecule has 1 aliphatic carbocycles. The summed E-state index contributed by atoms with van der Waals surface area (Å²) < 4.78 is 0. The second-order valence-corrected chi connectivity index (χ2v) is 5.54. The first kappa shape index (κ1) is 11.6. The number of nitrogens with one attached hydrogen (secondary N) is 1. The van der Waals surface area contributed by atoms with Crippen molar-refractivity contribution in [2.45, 2.75) is 20.3 Å². The Hall–Kier alpha value is -1.47. The van der Waals surface area contributed by atoms with Crippen LogP contribution >= 0.6 is 11.6 Å². The van der Waals surface area contributed by atoms with Crippen LogP contribution in [0.3, 0.4) is 0 Å². The Morgan fingerprint density at radius 1 is 1.22 bits per heavy atom.